The molecule has 0 aliphatic carbocycles. The van der Waals surface area contributed by atoms with Gasteiger partial charge in [0.05, 0.1) is 6.54 Å². The van der Waals surface area contributed by atoms with E-state index < -0.39 is 0 Å². The Labute approximate surface area is 149 Å². The van der Waals surface area contributed by atoms with E-state index in [1.54, 1.807) is 11.3 Å². The number of H-pyrrole nitrogens is 1. The fraction of sp³-hybridized carbons (Fsp3) is 0.333. The number of rotatable bonds is 3. The highest BCUT2D eigenvalue weighted by Crippen LogP contribution is 2.37. The molecule has 2 aliphatic rings. The molecule has 7 heteroatoms. The summed E-state index contributed by atoms with van der Waals surface area (Å²) in [5.74, 6) is 1.58. The molecule has 0 bridgehead atoms. The first-order chi connectivity index (χ1) is 12.4. The van der Waals surface area contributed by atoms with Gasteiger partial charge in [0.2, 0.25) is 0 Å². The number of hydrogen-bond donors (Lipinski definition) is 1. The summed E-state index contributed by atoms with van der Waals surface area (Å²) >= 11 is 1.70. The summed E-state index contributed by atoms with van der Waals surface area (Å²) in [5.41, 5.74) is 3.43. The Kier molecular flexibility index (Phi) is 3.68. The maximum atomic E-state index is 6.15. The molecule has 4 heterocycles. The van der Waals surface area contributed by atoms with Crippen molar-refractivity contribution in [3.8, 4) is 11.5 Å². The molecule has 1 atom stereocenters. The van der Waals surface area contributed by atoms with E-state index in [1.165, 1.54) is 11.3 Å². The molecule has 0 unspecified atom stereocenters. The lowest BCUT2D eigenvalue weighted by molar-refractivity contribution is 0.0867. The summed E-state index contributed by atoms with van der Waals surface area (Å²) in [5, 5.41) is 10.9. The van der Waals surface area contributed by atoms with Crippen molar-refractivity contribution in [3.05, 3.63) is 57.8 Å². The van der Waals surface area contributed by atoms with Crippen molar-refractivity contribution in [2.45, 2.75) is 25.6 Å². The molecule has 0 radical (unpaired) electrons. The minimum Gasteiger partial charge on any atom is -0.485 e. The number of aromatic nitrogens is 3. The predicted molar refractivity (Wildman–Crippen MR) is 93.8 cm³/mol. The van der Waals surface area contributed by atoms with Crippen LogP contribution in [0.3, 0.4) is 0 Å². The van der Waals surface area contributed by atoms with Crippen molar-refractivity contribution in [1.29, 1.82) is 0 Å². The number of aromatic amines is 1. The van der Waals surface area contributed by atoms with Gasteiger partial charge in [-0.3, -0.25) is 10.00 Å². The summed E-state index contributed by atoms with van der Waals surface area (Å²) in [6, 6.07) is 7.78. The van der Waals surface area contributed by atoms with E-state index in [-0.39, 0.29) is 6.10 Å². The topological polar surface area (TPSA) is 63.3 Å². The molecule has 3 aromatic rings. The monoisotopic (exact) mass is 354 g/mol. The molecule has 25 heavy (non-hydrogen) atoms. The summed E-state index contributed by atoms with van der Waals surface area (Å²) in [4.78, 5) is 6.81. The zero-order valence-corrected chi connectivity index (χ0v) is 14.5. The fourth-order valence-corrected chi connectivity index (χ4v) is 4.11. The smallest absolute Gasteiger partial charge is 0.177 e. The van der Waals surface area contributed by atoms with Gasteiger partial charge < -0.3 is 9.47 Å². The summed E-state index contributed by atoms with van der Waals surface area (Å²) in [6.07, 6.45) is 2.66. The second-order valence-corrected chi connectivity index (χ2v) is 7.30. The van der Waals surface area contributed by atoms with Crippen LogP contribution in [0.25, 0.3) is 0 Å². The number of para-hydroxylation sites is 2. The molecular weight excluding hydrogens is 336 g/mol. The molecule has 6 nitrogen and oxygen atoms in total. The van der Waals surface area contributed by atoms with Gasteiger partial charge in [0, 0.05) is 42.3 Å². The fourth-order valence-electron chi connectivity index (χ4n) is 3.45. The Balaban J connectivity index is 1.37. The number of nitrogens with one attached hydrogen (secondary N) is 1. The minimum absolute atomic E-state index is 0.172. The Bertz CT molecular complexity index is 877. The molecule has 1 aromatic carbocycles. The molecule has 0 saturated carbocycles. The molecule has 2 aromatic heterocycles. The van der Waals surface area contributed by atoms with Gasteiger partial charge in [-0.2, -0.15) is 5.10 Å². The van der Waals surface area contributed by atoms with Crippen LogP contribution in [0.15, 0.2) is 35.8 Å². The maximum absolute atomic E-state index is 6.15. The van der Waals surface area contributed by atoms with Crippen LogP contribution in [-0.2, 0) is 19.5 Å². The Morgan fingerprint density at radius 1 is 1.28 bits per heavy atom. The van der Waals surface area contributed by atoms with Crippen LogP contribution < -0.4 is 9.47 Å². The summed E-state index contributed by atoms with van der Waals surface area (Å²) in [7, 11) is 0. The normalized spacial score (nSPS) is 19.6. The van der Waals surface area contributed by atoms with Crippen LogP contribution in [-0.4, -0.2) is 33.2 Å². The van der Waals surface area contributed by atoms with Crippen LogP contribution in [0.1, 0.15) is 28.1 Å². The first kappa shape index (κ1) is 14.9. The molecule has 2 aliphatic heterocycles. The molecule has 0 amide bonds. The highest BCUT2D eigenvalue weighted by Gasteiger charge is 2.30. The van der Waals surface area contributed by atoms with E-state index in [2.05, 4.69) is 20.1 Å². The maximum Gasteiger partial charge on any atom is 0.177 e. The van der Waals surface area contributed by atoms with E-state index in [4.69, 9.17) is 9.47 Å². The minimum atomic E-state index is -0.172. The zero-order valence-electron chi connectivity index (χ0n) is 13.6. The molecule has 1 N–H and O–H groups in total. The van der Waals surface area contributed by atoms with E-state index in [0.29, 0.717) is 6.61 Å². The third-order valence-corrected chi connectivity index (χ3v) is 5.46. The summed E-state index contributed by atoms with van der Waals surface area (Å²) in [6.45, 7) is 3.24. The first-order valence-corrected chi connectivity index (χ1v) is 9.30. The Hall–Kier alpha value is -2.38. The van der Waals surface area contributed by atoms with E-state index in [1.807, 2.05) is 35.8 Å². The van der Waals surface area contributed by atoms with Crippen molar-refractivity contribution < 1.29 is 9.47 Å². The highest BCUT2D eigenvalue weighted by molar-refractivity contribution is 7.09. The zero-order chi connectivity index (χ0) is 16.6. The molecular formula is C18H18N4O2S. The van der Waals surface area contributed by atoms with Crippen LogP contribution in [0.4, 0.5) is 0 Å². The van der Waals surface area contributed by atoms with Crippen molar-refractivity contribution in [3.63, 3.8) is 0 Å². The van der Waals surface area contributed by atoms with E-state index in [0.717, 1.165) is 48.3 Å². The van der Waals surface area contributed by atoms with Crippen molar-refractivity contribution in [2.75, 3.05) is 13.2 Å². The predicted octanol–water partition coefficient (Wildman–Crippen LogP) is 2.94. The van der Waals surface area contributed by atoms with Crippen molar-refractivity contribution >= 4 is 11.3 Å². The third kappa shape index (κ3) is 2.79. The van der Waals surface area contributed by atoms with E-state index in [9.17, 15) is 0 Å². The van der Waals surface area contributed by atoms with E-state index >= 15 is 0 Å². The lowest BCUT2D eigenvalue weighted by Gasteiger charge is -2.29. The highest BCUT2D eigenvalue weighted by atomic mass is 32.1. The number of benzene rings is 1. The van der Waals surface area contributed by atoms with Gasteiger partial charge in [0.15, 0.2) is 17.6 Å². The third-order valence-electron chi connectivity index (χ3n) is 4.70. The Morgan fingerprint density at radius 2 is 2.20 bits per heavy atom. The van der Waals surface area contributed by atoms with Crippen LogP contribution in [0, 0.1) is 0 Å². The number of fused-ring (bicyclic) bond motifs is 2. The molecule has 0 fully saturated rings. The van der Waals surface area contributed by atoms with Crippen LogP contribution >= 0.6 is 11.3 Å². The number of nitrogens with zero attached hydrogens (tertiary/aromatic N) is 3. The molecule has 5 rings (SSSR count). The SMILES string of the molecule is c1ccc2c(c1)OC[C@@H](c1n[nH]c3c1CN(Cc1nccs1)CC3)O2. The number of ether oxygens (including phenoxy) is 2. The quantitative estimate of drug-likeness (QED) is 0.783. The van der Waals surface area contributed by atoms with Gasteiger partial charge in [0.1, 0.15) is 17.3 Å². The molecule has 128 valence electrons. The standard InChI is InChI=1S/C18H18N4O2S/c1-2-4-15-14(3-1)23-11-16(24-15)18-12-9-22(7-5-13(12)20-21-18)10-17-19-6-8-25-17/h1-4,6,8,16H,5,7,9-11H2,(H,20,21)/t16-/m0/s1. The lowest BCUT2D eigenvalue weighted by Crippen LogP contribution is -2.31. The van der Waals surface area contributed by atoms with Gasteiger partial charge in [-0.25, -0.2) is 4.98 Å². The van der Waals surface area contributed by atoms with Crippen molar-refractivity contribution in [2.24, 2.45) is 0 Å². The Morgan fingerprint density at radius 3 is 3.08 bits per heavy atom. The van der Waals surface area contributed by atoms with Gasteiger partial charge >= 0.3 is 0 Å². The lowest BCUT2D eigenvalue weighted by atomic mass is 10.0. The van der Waals surface area contributed by atoms with Gasteiger partial charge in [-0.1, -0.05) is 12.1 Å². The van der Waals surface area contributed by atoms with Crippen LogP contribution in [0.5, 0.6) is 11.5 Å². The second-order valence-electron chi connectivity index (χ2n) is 6.32. The molecule has 0 spiro atoms. The first-order valence-electron chi connectivity index (χ1n) is 8.42. The molecule has 0 saturated heterocycles. The van der Waals surface area contributed by atoms with Gasteiger partial charge in [-0.15, -0.1) is 11.3 Å². The van der Waals surface area contributed by atoms with Gasteiger partial charge in [0.25, 0.3) is 0 Å². The van der Waals surface area contributed by atoms with Crippen molar-refractivity contribution in [1.82, 2.24) is 20.1 Å². The number of hydrogen-bond acceptors (Lipinski definition) is 6. The van der Waals surface area contributed by atoms with Gasteiger partial charge in [-0.05, 0) is 12.1 Å². The number of thiazole rings is 1. The average Bonchev–Trinajstić information content (AvgIpc) is 3.31. The summed E-state index contributed by atoms with van der Waals surface area (Å²) < 4.78 is 12.0. The average molecular weight is 354 g/mol. The van der Waals surface area contributed by atoms with Crippen LogP contribution in [0.2, 0.25) is 0 Å². The largest absolute Gasteiger partial charge is 0.485 e. The second kappa shape index (κ2) is 6.16.